The molecule has 3 aromatic rings. The van der Waals surface area contributed by atoms with Gasteiger partial charge in [0.25, 0.3) is 0 Å². The molecule has 2 aromatic heterocycles. The van der Waals surface area contributed by atoms with Crippen LogP contribution in [0.5, 0.6) is 0 Å². The minimum absolute atomic E-state index is 0.0130. The van der Waals surface area contributed by atoms with E-state index in [0.717, 1.165) is 28.3 Å². The lowest BCUT2D eigenvalue weighted by molar-refractivity contribution is -0.116. The van der Waals surface area contributed by atoms with Crippen LogP contribution in [-0.4, -0.2) is 20.7 Å². The van der Waals surface area contributed by atoms with E-state index in [9.17, 15) is 4.79 Å². The van der Waals surface area contributed by atoms with Crippen LogP contribution in [-0.2, 0) is 11.2 Å². The van der Waals surface area contributed by atoms with Crippen molar-refractivity contribution in [2.45, 2.75) is 46.5 Å². The Hall–Kier alpha value is -2.47. The Kier molecular flexibility index (Phi) is 5.52. The molecule has 0 aliphatic heterocycles. The van der Waals surface area contributed by atoms with Crippen LogP contribution in [0.25, 0.3) is 5.69 Å². The van der Waals surface area contributed by atoms with Crippen LogP contribution in [0.15, 0.2) is 35.7 Å². The largest absolute Gasteiger partial charge is 0.302 e. The number of nitrogens with one attached hydrogen (secondary N) is 1. The van der Waals surface area contributed by atoms with Crippen molar-refractivity contribution < 1.29 is 4.79 Å². The van der Waals surface area contributed by atoms with E-state index in [2.05, 4.69) is 36.2 Å². The Morgan fingerprint density at radius 2 is 1.96 bits per heavy atom. The van der Waals surface area contributed by atoms with E-state index in [-0.39, 0.29) is 5.91 Å². The predicted molar refractivity (Wildman–Crippen MR) is 106 cm³/mol. The van der Waals surface area contributed by atoms with Gasteiger partial charge in [0.15, 0.2) is 5.13 Å². The second-order valence-corrected chi connectivity index (χ2v) is 7.54. The number of thiazole rings is 1. The standard InChI is InChI=1S/C20H24N4OS/c1-13(2)18-12-26-20(21-18)22-19(25)11-10-17-14(3)23-24(15(17)4)16-8-6-5-7-9-16/h5-9,12-13H,10-11H2,1-4H3,(H,21,22,25). The van der Waals surface area contributed by atoms with Crippen LogP contribution in [0.3, 0.4) is 0 Å². The smallest absolute Gasteiger partial charge is 0.226 e. The molecule has 2 heterocycles. The number of amides is 1. The highest BCUT2D eigenvalue weighted by molar-refractivity contribution is 7.13. The number of hydrogen-bond donors (Lipinski definition) is 1. The first-order valence-corrected chi connectivity index (χ1v) is 9.69. The van der Waals surface area contributed by atoms with Crippen molar-refractivity contribution in [1.82, 2.24) is 14.8 Å². The SMILES string of the molecule is Cc1nn(-c2ccccc2)c(C)c1CCC(=O)Nc1nc(C(C)C)cs1. The average Bonchev–Trinajstić information content (AvgIpc) is 3.19. The average molecular weight is 369 g/mol. The Bertz CT molecular complexity index is 896. The molecule has 0 spiro atoms. The predicted octanol–water partition coefficient (Wildman–Crippen LogP) is 4.64. The Morgan fingerprint density at radius 3 is 2.62 bits per heavy atom. The summed E-state index contributed by atoms with van der Waals surface area (Å²) in [5.41, 5.74) is 5.23. The Labute approximate surface area is 158 Å². The summed E-state index contributed by atoms with van der Waals surface area (Å²) in [6.07, 6.45) is 1.08. The topological polar surface area (TPSA) is 59.8 Å². The van der Waals surface area contributed by atoms with Gasteiger partial charge in [0, 0.05) is 17.5 Å². The van der Waals surface area contributed by atoms with Gasteiger partial charge >= 0.3 is 0 Å². The number of carbonyl (C=O) groups excluding carboxylic acids is 1. The third kappa shape index (κ3) is 4.02. The first-order chi connectivity index (χ1) is 12.5. The van der Waals surface area contributed by atoms with Gasteiger partial charge in [-0.3, -0.25) is 4.79 Å². The van der Waals surface area contributed by atoms with E-state index in [1.807, 2.05) is 47.3 Å². The maximum atomic E-state index is 12.3. The minimum atomic E-state index is -0.0130. The summed E-state index contributed by atoms with van der Waals surface area (Å²) >= 11 is 1.48. The van der Waals surface area contributed by atoms with E-state index >= 15 is 0 Å². The second-order valence-electron chi connectivity index (χ2n) is 6.68. The molecule has 1 N–H and O–H groups in total. The highest BCUT2D eigenvalue weighted by Gasteiger charge is 2.15. The number of carbonyl (C=O) groups is 1. The van der Waals surface area contributed by atoms with Gasteiger partial charge in [-0.2, -0.15) is 5.10 Å². The molecule has 0 saturated carbocycles. The normalized spacial score (nSPS) is 11.1. The zero-order valence-electron chi connectivity index (χ0n) is 15.6. The van der Waals surface area contributed by atoms with E-state index in [0.29, 0.717) is 23.9 Å². The van der Waals surface area contributed by atoms with Gasteiger partial charge in [0.2, 0.25) is 5.91 Å². The van der Waals surface area contributed by atoms with E-state index < -0.39 is 0 Å². The number of aromatic nitrogens is 3. The molecule has 0 fully saturated rings. The summed E-state index contributed by atoms with van der Waals surface area (Å²) < 4.78 is 1.94. The molecule has 26 heavy (non-hydrogen) atoms. The number of aryl methyl sites for hydroxylation is 1. The molecule has 0 unspecified atom stereocenters. The summed E-state index contributed by atoms with van der Waals surface area (Å²) in [6.45, 7) is 8.23. The van der Waals surface area contributed by atoms with E-state index in [1.54, 1.807) is 0 Å². The molecule has 6 heteroatoms. The van der Waals surface area contributed by atoms with E-state index in [4.69, 9.17) is 0 Å². The number of hydrogen-bond acceptors (Lipinski definition) is 4. The summed E-state index contributed by atoms with van der Waals surface area (Å²) in [5, 5.41) is 10.2. The fraction of sp³-hybridized carbons (Fsp3) is 0.350. The minimum Gasteiger partial charge on any atom is -0.302 e. The Balaban J connectivity index is 1.66. The van der Waals surface area contributed by atoms with Gasteiger partial charge in [-0.15, -0.1) is 11.3 Å². The molecule has 0 bridgehead atoms. The molecule has 0 radical (unpaired) electrons. The molecule has 0 saturated heterocycles. The quantitative estimate of drug-likeness (QED) is 0.689. The lowest BCUT2D eigenvalue weighted by Crippen LogP contribution is -2.12. The first-order valence-electron chi connectivity index (χ1n) is 8.81. The number of anilines is 1. The van der Waals surface area contributed by atoms with Crippen molar-refractivity contribution in [2.75, 3.05) is 5.32 Å². The third-order valence-corrected chi connectivity index (χ3v) is 5.18. The number of benzene rings is 1. The lowest BCUT2D eigenvalue weighted by atomic mass is 10.1. The maximum absolute atomic E-state index is 12.3. The van der Waals surface area contributed by atoms with Crippen molar-refractivity contribution >= 4 is 22.4 Å². The fourth-order valence-corrected chi connectivity index (χ4v) is 3.77. The fourth-order valence-electron chi connectivity index (χ4n) is 2.89. The highest BCUT2D eigenvalue weighted by atomic mass is 32.1. The van der Waals surface area contributed by atoms with Crippen molar-refractivity contribution in [2.24, 2.45) is 0 Å². The summed E-state index contributed by atoms with van der Waals surface area (Å²) in [5.74, 6) is 0.354. The van der Waals surface area contributed by atoms with Crippen molar-refractivity contribution in [3.05, 3.63) is 58.4 Å². The van der Waals surface area contributed by atoms with Crippen molar-refractivity contribution in [3.8, 4) is 5.69 Å². The Morgan fingerprint density at radius 1 is 1.23 bits per heavy atom. The number of nitrogens with zero attached hydrogens (tertiary/aromatic N) is 3. The van der Waals surface area contributed by atoms with Crippen LogP contribution in [0, 0.1) is 13.8 Å². The molecule has 1 amide bonds. The van der Waals surface area contributed by atoms with Crippen LogP contribution < -0.4 is 5.32 Å². The molecule has 5 nitrogen and oxygen atoms in total. The first kappa shape index (κ1) is 18.3. The molecule has 0 aliphatic carbocycles. The maximum Gasteiger partial charge on any atom is 0.226 e. The molecule has 1 aromatic carbocycles. The van der Waals surface area contributed by atoms with Crippen LogP contribution in [0.2, 0.25) is 0 Å². The van der Waals surface area contributed by atoms with Gasteiger partial charge in [0.1, 0.15) is 0 Å². The van der Waals surface area contributed by atoms with Crippen LogP contribution in [0.1, 0.15) is 48.8 Å². The molecular formula is C20H24N4OS. The summed E-state index contributed by atoms with van der Waals surface area (Å²) in [7, 11) is 0. The monoisotopic (exact) mass is 368 g/mol. The number of rotatable bonds is 6. The third-order valence-electron chi connectivity index (χ3n) is 4.40. The molecule has 136 valence electrons. The molecular weight excluding hydrogens is 344 g/mol. The zero-order valence-corrected chi connectivity index (χ0v) is 16.4. The number of para-hydroxylation sites is 1. The molecule has 0 aliphatic rings. The van der Waals surface area contributed by atoms with Gasteiger partial charge in [-0.05, 0) is 43.9 Å². The van der Waals surface area contributed by atoms with Crippen molar-refractivity contribution in [1.29, 1.82) is 0 Å². The second kappa shape index (κ2) is 7.83. The van der Waals surface area contributed by atoms with Gasteiger partial charge in [0.05, 0.1) is 17.1 Å². The lowest BCUT2D eigenvalue weighted by Gasteiger charge is -2.05. The van der Waals surface area contributed by atoms with Crippen LogP contribution >= 0.6 is 11.3 Å². The zero-order chi connectivity index (χ0) is 18.7. The summed E-state index contributed by atoms with van der Waals surface area (Å²) in [6, 6.07) is 10.1. The van der Waals surface area contributed by atoms with Crippen LogP contribution in [0.4, 0.5) is 5.13 Å². The summed E-state index contributed by atoms with van der Waals surface area (Å²) in [4.78, 5) is 16.7. The van der Waals surface area contributed by atoms with Gasteiger partial charge in [-0.1, -0.05) is 32.0 Å². The van der Waals surface area contributed by atoms with Gasteiger partial charge < -0.3 is 5.32 Å². The van der Waals surface area contributed by atoms with Crippen molar-refractivity contribution in [3.63, 3.8) is 0 Å². The van der Waals surface area contributed by atoms with E-state index in [1.165, 1.54) is 11.3 Å². The highest BCUT2D eigenvalue weighted by Crippen LogP contribution is 2.22. The van der Waals surface area contributed by atoms with Gasteiger partial charge in [-0.25, -0.2) is 9.67 Å². The molecule has 0 atom stereocenters. The molecule has 3 rings (SSSR count).